The van der Waals surface area contributed by atoms with Gasteiger partial charge in [0, 0.05) is 33.2 Å². The fourth-order valence-corrected chi connectivity index (χ4v) is 8.97. The van der Waals surface area contributed by atoms with Crippen LogP contribution in [0.25, 0.3) is 71.6 Å². The topological polar surface area (TPSA) is 8.17 Å². The molecule has 0 N–H and O–H groups in total. The third-order valence-electron chi connectivity index (χ3n) is 11.8. The number of aryl methyl sites for hydroxylation is 2. The molecule has 0 saturated heterocycles. The molecule has 1 heterocycles. The van der Waals surface area contributed by atoms with Crippen LogP contribution in [-0.2, 0) is 12.8 Å². The molecule has 0 saturated carbocycles. The van der Waals surface area contributed by atoms with Crippen LogP contribution in [-0.4, -0.2) is 4.57 Å². The van der Waals surface area contributed by atoms with Crippen LogP contribution in [0.15, 0.2) is 206 Å². The number of hydrogen-bond donors (Lipinski definition) is 0. The summed E-state index contributed by atoms with van der Waals surface area (Å²) >= 11 is 0. The van der Waals surface area contributed by atoms with Gasteiger partial charge in [-0.3, -0.25) is 0 Å². The number of para-hydroxylation sites is 2. The Morgan fingerprint density at radius 1 is 0.362 bits per heavy atom. The van der Waals surface area contributed by atoms with Gasteiger partial charge < -0.3 is 9.47 Å². The summed E-state index contributed by atoms with van der Waals surface area (Å²) in [6, 6.07) is 75.6. The summed E-state index contributed by atoms with van der Waals surface area (Å²) in [4.78, 5) is 2.46. The largest absolute Gasteiger partial charge is 0.310 e. The maximum absolute atomic E-state index is 2.46. The smallest absolute Gasteiger partial charge is 0.0541 e. The molecular weight excluding hydrogens is 701 g/mol. The Hall–Kier alpha value is -7.16. The molecule has 0 radical (unpaired) electrons. The van der Waals surface area contributed by atoms with E-state index >= 15 is 0 Å². The Labute approximate surface area is 340 Å². The van der Waals surface area contributed by atoms with Crippen molar-refractivity contribution >= 4 is 49.6 Å². The van der Waals surface area contributed by atoms with Crippen molar-refractivity contribution in [2.24, 2.45) is 0 Å². The Morgan fingerprint density at radius 2 is 0.983 bits per heavy atom. The zero-order chi connectivity index (χ0) is 39.0. The lowest BCUT2D eigenvalue weighted by Gasteiger charge is -2.29. The van der Waals surface area contributed by atoms with Crippen molar-refractivity contribution in [3.8, 4) is 39.1 Å². The molecule has 0 aliphatic carbocycles. The first kappa shape index (κ1) is 35.3. The first-order chi connectivity index (χ1) is 28.7. The van der Waals surface area contributed by atoms with Gasteiger partial charge >= 0.3 is 0 Å². The summed E-state index contributed by atoms with van der Waals surface area (Å²) in [5.74, 6) is 0. The number of fused-ring (bicyclic) bond motifs is 4. The monoisotopic (exact) mass is 744 g/mol. The van der Waals surface area contributed by atoms with E-state index in [1.165, 1.54) is 82.8 Å². The minimum absolute atomic E-state index is 0.933. The van der Waals surface area contributed by atoms with E-state index in [1.54, 1.807) is 0 Å². The zero-order valence-corrected chi connectivity index (χ0v) is 32.9. The highest BCUT2D eigenvalue weighted by atomic mass is 15.1. The van der Waals surface area contributed by atoms with Crippen molar-refractivity contribution in [3.63, 3.8) is 0 Å². The molecule has 0 bridgehead atoms. The van der Waals surface area contributed by atoms with Crippen molar-refractivity contribution in [1.29, 1.82) is 0 Å². The van der Waals surface area contributed by atoms with Crippen LogP contribution in [0, 0.1) is 0 Å². The Morgan fingerprint density at radius 3 is 1.79 bits per heavy atom. The van der Waals surface area contributed by atoms with Crippen LogP contribution < -0.4 is 4.90 Å². The van der Waals surface area contributed by atoms with Crippen molar-refractivity contribution in [2.45, 2.75) is 26.7 Å². The van der Waals surface area contributed by atoms with Crippen LogP contribution in [0.5, 0.6) is 0 Å². The van der Waals surface area contributed by atoms with Gasteiger partial charge in [-0.25, -0.2) is 0 Å². The number of aromatic nitrogens is 1. The second-order valence-electron chi connectivity index (χ2n) is 15.1. The molecule has 9 aromatic carbocycles. The predicted octanol–water partition coefficient (Wildman–Crippen LogP) is 15.5. The third-order valence-corrected chi connectivity index (χ3v) is 11.8. The molecule has 58 heavy (non-hydrogen) atoms. The zero-order valence-electron chi connectivity index (χ0n) is 32.9. The molecule has 10 aromatic rings. The molecule has 0 spiro atoms. The van der Waals surface area contributed by atoms with Crippen molar-refractivity contribution in [2.75, 3.05) is 4.90 Å². The standard InChI is InChI=1S/C56H44N2/c1-3-39-18-11-12-25-47(39)48-32-31-46(36-40(48)4-2)57(45-24-17-21-42(37-45)41-19-7-5-8-20-41)55-35-33-49(50-26-13-14-27-51(50)55)43-30-34-56-53(38-43)52-28-15-16-29-54(52)58(56)44-22-9-6-10-23-44/h5-38H,3-4H2,1-2H3. The summed E-state index contributed by atoms with van der Waals surface area (Å²) in [7, 11) is 0. The SMILES string of the molecule is CCc1ccccc1-c1ccc(N(c2cccc(-c3ccccc3)c2)c2ccc(-c3ccc4c(c3)c3ccccc3n4-c3ccccc3)c3ccccc23)cc1CC. The normalized spacial score (nSPS) is 11.4. The van der Waals surface area contributed by atoms with E-state index < -0.39 is 0 Å². The van der Waals surface area contributed by atoms with Gasteiger partial charge in [0.1, 0.15) is 0 Å². The molecule has 0 aliphatic heterocycles. The van der Waals surface area contributed by atoms with E-state index in [1.807, 2.05) is 0 Å². The number of rotatable bonds is 9. The summed E-state index contributed by atoms with van der Waals surface area (Å²) < 4.78 is 2.38. The van der Waals surface area contributed by atoms with Crippen LogP contribution in [0.3, 0.4) is 0 Å². The first-order valence-corrected chi connectivity index (χ1v) is 20.5. The summed E-state index contributed by atoms with van der Waals surface area (Å²) in [6.07, 6.45) is 1.93. The molecule has 0 fully saturated rings. The molecule has 2 nitrogen and oxygen atoms in total. The Bertz CT molecular complexity index is 3080. The second-order valence-corrected chi connectivity index (χ2v) is 15.1. The van der Waals surface area contributed by atoms with Crippen LogP contribution in [0.4, 0.5) is 17.1 Å². The molecular formula is C56H44N2. The van der Waals surface area contributed by atoms with Gasteiger partial charge in [-0.05, 0) is 123 Å². The number of anilines is 3. The molecule has 0 unspecified atom stereocenters. The number of benzene rings is 9. The van der Waals surface area contributed by atoms with Crippen molar-refractivity contribution in [3.05, 3.63) is 217 Å². The van der Waals surface area contributed by atoms with E-state index in [4.69, 9.17) is 0 Å². The van der Waals surface area contributed by atoms with Gasteiger partial charge in [0.25, 0.3) is 0 Å². The van der Waals surface area contributed by atoms with Gasteiger partial charge in [0.05, 0.1) is 16.7 Å². The van der Waals surface area contributed by atoms with Crippen molar-refractivity contribution < 1.29 is 0 Å². The van der Waals surface area contributed by atoms with Crippen LogP contribution >= 0.6 is 0 Å². The maximum atomic E-state index is 2.46. The van der Waals surface area contributed by atoms with Gasteiger partial charge in [-0.2, -0.15) is 0 Å². The van der Waals surface area contributed by atoms with Gasteiger partial charge in [-0.15, -0.1) is 0 Å². The van der Waals surface area contributed by atoms with E-state index in [2.05, 4.69) is 230 Å². The van der Waals surface area contributed by atoms with Gasteiger partial charge in [0.15, 0.2) is 0 Å². The summed E-state index contributed by atoms with van der Waals surface area (Å²) in [6.45, 7) is 4.52. The second kappa shape index (κ2) is 15.1. The minimum Gasteiger partial charge on any atom is -0.310 e. The fourth-order valence-electron chi connectivity index (χ4n) is 8.97. The molecule has 0 aliphatic rings. The number of hydrogen-bond acceptors (Lipinski definition) is 1. The molecule has 278 valence electrons. The van der Waals surface area contributed by atoms with E-state index in [-0.39, 0.29) is 0 Å². The summed E-state index contributed by atoms with van der Waals surface area (Å²) in [5.41, 5.74) is 17.2. The summed E-state index contributed by atoms with van der Waals surface area (Å²) in [5, 5.41) is 4.93. The third kappa shape index (κ3) is 6.15. The predicted molar refractivity (Wildman–Crippen MR) is 248 cm³/mol. The van der Waals surface area contributed by atoms with Crippen LogP contribution in [0.2, 0.25) is 0 Å². The molecule has 10 rings (SSSR count). The fraction of sp³-hybridized carbons (Fsp3) is 0.0714. The average Bonchev–Trinajstić information content (AvgIpc) is 3.63. The van der Waals surface area contributed by atoms with E-state index in [9.17, 15) is 0 Å². The highest BCUT2D eigenvalue weighted by Gasteiger charge is 2.21. The van der Waals surface area contributed by atoms with E-state index in [0.29, 0.717) is 0 Å². The lowest BCUT2D eigenvalue weighted by Crippen LogP contribution is -2.11. The van der Waals surface area contributed by atoms with Crippen molar-refractivity contribution in [1.82, 2.24) is 4.57 Å². The Kier molecular flexibility index (Phi) is 9.16. The first-order valence-electron chi connectivity index (χ1n) is 20.5. The highest BCUT2D eigenvalue weighted by Crippen LogP contribution is 2.45. The molecule has 1 aromatic heterocycles. The van der Waals surface area contributed by atoms with E-state index in [0.717, 1.165) is 29.9 Å². The molecule has 2 heteroatoms. The lowest BCUT2D eigenvalue weighted by molar-refractivity contribution is 1.11. The molecule has 0 atom stereocenters. The van der Waals surface area contributed by atoms with Gasteiger partial charge in [-0.1, -0.05) is 159 Å². The quantitative estimate of drug-likeness (QED) is 0.143. The molecule has 0 amide bonds. The van der Waals surface area contributed by atoms with Gasteiger partial charge in [0.2, 0.25) is 0 Å². The minimum atomic E-state index is 0.933. The maximum Gasteiger partial charge on any atom is 0.0541 e. The Balaban J connectivity index is 1.16. The number of nitrogens with zero attached hydrogens (tertiary/aromatic N) is 2. The average molecular weight is 745 g/mol. The lowest BCUT2D eigenvalue weighted by atomic mass is 9.92. The highest BCUT2D eigenvalue weighted by molar-refractivity contribution is 6.12. The van der Waals surface area contributed by atoms with Crippen LogP contribution in [0.1, 0.15) is 25.0 Å².